The fourth-order valence-corrected chi connectivity index (χ4v) is 4.99. The smallest absolute Gasteiger partial charge is 0.0400 e. The van der Waals surface area contributed by atoms with Gasteiger partial charge in [-0.3, -0.25) is 4.90 Å². The molecule has 5 nitrogen and oxygen atoms in total. The van der Waals surface area contributed by atoms with E-state index in [-0.39, 0.29) is 0 Å². The zero-order valence-corrected chi connectivity index (χ0v) is 20.3. The lowest BCUT2D eigenvalue weighted by molar-refractivity contribution is 0.260. The van der Waals surface area contributed by atoms with Gasteiger partial charge in [-0.1, -0.05) is 36.4 Å². The van der Waals surface area contributed by atoms with E-state index in [1.165, 1.54) is 55.3 Å². The Morgan fingerprint density at radius 2 is 1.39 bits per heavy atom. The van der Waals surface area contributed by atoms with Crippen LogP contribution in [-0.4, -0.2) is 57.3 Å². The van der Waals surface area contributed by atoms with Crippen molar-refractivity contribution in [3.05, 3.63) is 64.7 Å². The van der Waals surface area contributed by atoms with Crippen molar-refractivity contribution in [2.75, 3.05) is 57.7 Å². The summed E-state index contributed by atoms with van der Waals surface area (Å²) in [4.78, 5) is 2.60. The first kappa shape index (κ1) is 24.2. The van der Waals surface area contributed by atoms with Crippen molar-refractivity contribution in [1.29, 1.82) is 0 Å². The molecule has 0 aromatic heterocycles. The molecule has 0 unspecified atom stereocenters. The minimum atomic E-state index is 0.894. The van der Waals surface area contributed by atoms with Gasteiger partial charge in [-0.05, 0) is 93.0 Å². The number of aryl methyl sites for hydroxylation is 1. The standard InChI is InChI=1S/C28H43N5/c1-2-8-27-26(6-1)7-3-9-28(27)32-22-24-10-12-25(13-11-24)23-33-20-5-16-30-18-17-29-14-4-15-31-19-21-33/h3,7,9-13,29-32H,1-2,4-6,8,14-23H2. The van der Waals surface area contributed by atoms with Crippen LogP contribution in [0.15, 0.2) is 42.5 Å². The highest BCUT2D eigenvalue weighted by atomic mass is 15.1. The molecule has 1 aliphatic heterocycles. The summed E-state index contributed by atoms with van der Waals surface area (Å²) in [6, 6.07) is 16.0. The summed E-state index contributed by atoms with van der Waals surface area (Å²) in [5, 5.41) is 14.4. The largest absolute Gasteiger partial charge is 0.381 e. The molecule has 180 valence electrons. The van der Waals surface area contributed by atoms with Crippen LogP contribution in [0.3, 0.4) is 0 Å². The van der Waals surface area contributed by atoms with Crippen molar-refractivity contribution in [2.45, 2.75) is 51.6 Å². The molecule has 33 heavy (non-hydrogen) atoms. The van der Waals surface area contributed by atoms with Crippen molar-refractivity contribution in [3.8, 4) is 0 Å². The molecule has 2 aromatic carbocycles. The second kappa shape index (κ2) is 13.7. The zero-order chi connectivity index (χ0) is 22.6. The fraction of sp³-hybridized carbons (Fsp3) is 0.571. The Bertz CT molecular complexity index is 806. The van der Waals surface area contributed by atoms with E-state index in [1.54, 1.807) is 11.1 Å². The van der Waals surface area contributed by atoms with Gasteiger partial charge in [0.15, 0.2) is 0 Å². The first-order valence-electron chi connectivity index (χ1n) is 13.2. The van der Waals surface area contributed by atoms with E-state index in [9.17, 15) is 0 Å². The average Bonchev–Trinajstić information content (AvgIpc) is 2.86. The molecule has 0 bridgehead atoms. The third-order valence-corrected chi connectivity index (χ3v) is 6.93. The molecule has 5 heteroatoms. The van der Waals surface area contributed by atoms with Gasteiger partial charge in [-0.25, -0.2) is 0 Å². The number of benzene rings is 2. The van der Waals surface area contributed by atoms with E-state index in [0.717, 1.165) is 65.4 Å². The SMILES string of the molecule is c1cc2c(c(NCc3ccc(CN4CCCNCCNCCCNCC4)cc3)c1)CCCC2. The molecule has 0 spiro atoms. The highest BCUT2D eigenvalue weighted by Crippen LogP contribution is 2.28. The first-order chi connectivity index (χ1) is 16.4. The van der Waals surface area contributed by atoms with Gasteiger partial charge >= 0.3 is 0 Å². The van der Waals surface area contributed by atoms with Gasteiger partial charge in [-0.15, -0.1) is 0 Å². The summed E-state index contributed by atoms with van der Waals surface area (Å²) >= 11 is 0. The van der Waals surface area contributed by atoms with E-state index in [0.29, 0.717) is 0 Å². The molecule has 4 rings (SSSR count). The Kier molecular flexibility index (Phi) is 10.1. The number of anilines is 1. The van der Waals surface area contributed by atoms with Crippen LogP contribution in [0.1, 0.15) is 47.9 Å². The molecular weight excluding hydrogens is 406 g/mol. The van der Waals surface area contributed by atoms with Gasteiger partial charge < -0.3 is 21.3 Å². The quantitative estimate of drug-likeness (QED) is 0.563. The van der Waals surface area contributed by atoms with Crippen molar-refractivity contribution in [3.63, 3.8) is 0 Å². The number of fused-ring (bicyclic) bond motifs is 1. The zero-order valence-electron chi connectivity index (χ0n) is 20.3. The third-order valence-electron chi connectivity index (χ3n) is 6.93. The highest BCUT2D eigenvalue weighted by Gasteiger charge is 2.12. The van der Waals surface area contributed by atoms with Crippen LogP contribution in [0.2, 0.25) is 0 Å². The Morgan fingerprint density at radius 1 is 0.667 bits per heavy atom. The molecule has 1 aliphatic carbocycles. The van der Waals surface area contributed by atoms with E-state index < -0.39 is 0 Å². The van der Waals surface area contributed by atoms with Crippen molar-refractivity contribution in [1.82, 2.24) is 20.9 Å². The summed E-state index contributed by atoms with van der Waals surface area (Å²) in [5.41, 5.74) is 7.18. The second-order valence-electron chi connectivity index (χ2n) is 9.55. The molecule has 0 radical (unpaired) electrons. The lowest BCUT2D eigenvalue weighted by atomic mass is 9.90. The molecule has 1 fully saturated rings. The highest BCUT2D eigenvalue weighted by molar-refractivity contribution is 5.55. The molecule has 2 aliphatic rings. The van der Waals surface area contributed by atoms with Crippen molar-refractivity contribution in [2.24, 2.45) is 0 Å². The molecule has 4 N–H and O–H groups in total. The third kappa shape index (κ3) is 8.11. The van der Waals surface area contributed by atoms with Gasteiger partial charge in [0.1, 0.15) is 0 Å². The monoisotopic (exact) mass is 449 g/mol. The summed E-state index contributed by atoms with van der Waals surface area (Å²) in [6.45, 7) is 10.7. The van der Waals surface area contributed by atoms with Crippen LogP contribution < -0.4 is 21.3 Å². The Labute approximate surface area is 200 Å². The van der Waals surface area contributed by atoms with Gasteiger partial charge in [0.25, 0.3) is 0 Å². The van der Waals surface area contributed by atoms with Crippen LogP contribution in [0, 0.1) is 0 Å². The molecule has 0 atom stereocenters. The maximum Gasteiger partial charge on any atom is 0.0400 e. The topological polar surface area (TPSA) is 51.4 Å². The fourth-order valence-electron chi connectivity index (χ4n) is 4.99. The molecule has 1 heterocycles. The van der Waals surface area contributed by atoms with E-state index in [4.69, 9.17) is 0 Å². The first-order valence-corrected chi connectivity index (χ1v) is 13.2. The maximum absolute atomic E-state index is 3.71. The van der Waals surface area contributed by atoms with Gasteiger partial charge in [0.2, 0.25) is 0 Å². The number of nitrogens with one attached hydrogen (secondary N) is 4. The normalized spacial score (nSPS) is 19.4. The summed E-state index contributed by atoms with van der Waals surface area (Å²) in [7, 11) is 0. The Hall–Kier alpha value is -1.92. The van der Waals surface area contributed by atoms with Crippen LogP contribution in [-0.2, 0) is 25.9 Å². The number of hydrogen-bond donors (Lipinski definition) is 4. The summed E-state index contributed by atoms with van der Waals surface area (Å²) in [5.74, 6) is 0. The van der Waals surface area contributed by atoms with E-state index in [2.05, 4.69) is 68.6 Å². The lowest BCUT2D eigenvalue weighted by Crippen LogP contribution is -2.36. The van der Waals surface area contributed by atoms with Crippen LogP contribution in [0.4, 0.5) is 5.69 Å². The average molecular weight is 450 g/mol. The number of nitrogens with zero attached hydrogens (tertiary/aromatic N) is 1. The van der Waals surface area contributed by atoms with Crippen LogP contribution >= 0.6 is 0 Å². The van der Waals surface area contributed by atoms with Gasteiger partial charge in [-0.2, -0.15) is 0 Å². The number of rotatable bonds is 5. The van der Waals surface area contributed by atoms with Crippen molar-refractivity contribution < 1.29 is 0 Å². The predicted octanol–water partition coefficient (Wildman–Crippen LogP) is 3.54. The molecule has 2 aromatic rings. The molecule has 0 saturated carbocycles. The van der Waals surface area contributed by atoms with Crippen molar-refractivity contribution >= 4 is 5.69 Å². The lowest BCUT2D eigenvalue weighted by Gasteiger charge is -2.23. The van der Waals surface area contributed by atoms with Gasteiger partial charge in [0.05, 0.1) is 0 Å². The minimum Gasteiger partial charge on any atom is -0.381 e. The second-order valence-corrected chi connectivity index (χ2v) is 9.55. The van der Waals surface area contributed by atoms with E-state index in [1.807, 2.05) is 0 Å². The number of hydrogen-bond acceptors (Lipinski definition) is 5. The Morgan fingerprint density at radius 3 is 2.24 bits per heavy atom. The maximum atomic E-state index is 3.71. The Balaban J connectivity index is 1.27. The van der Waals surface area contributed by atoms with Gasteiger partial charge in [0, 0.05) is 45.0 Å². The summed E-state index contributed by atoms with van der Waals surface area (Å²) in [6.07, 6.45) is 7.50. The minimum absolute atomic E-state index is 0.894. The molecule has 1 saturated heterocycles. The molecule has 0 amide bonds. The summed E-state index contributed by atoms with van der Waals surface area (Å²) < 4.78 is 0. The van der Waals surface area contributed by atoms with E-state index >= 15 is 0 Å². The molecular formula is C28H43N5. The van der Waals surface area contributed by atoms with Crippen LogP contribution in [0.5, 0.6) is 0 Å². The van der Waals surface area contributed by atoms with Crippen LogP contribution in [0.25, 0.3) is 0 Å². The predicted molar refractivity (Wildman–Crippen MR) is 140 cm³/mol.